The third-order valence-corrected chi connectivity index (χ3v) is 7.08. The van der Waals surface area contributed by atoms with Crippen LogP contribution in [0, 0.1) is 11.3 Å². The summed E-state index contributed by atoms with van der Waals surface area (Å²) in [5.41, 5.74) is 16.6. The maximum atomic E-state index is 13.1. The van der Waals surface area contributed by atoms with E-state index in [1.807, 2.05) is 42.5 Å². The number of anilines is 2. The molecule has 2 aromatic carbocycles. The summed E-state index contributed by atoms with van der Waals surface area (Å²) in [4.78, 5) is 18.3. The van der Waals surface area contributed by atoms with Crippen LogP contribution in [-0.2, 0) is 6.54 Å². The first-order chi connectivity index (χ1) is 16.9. The fourth-order valence-electron chi connectivity index (χ4n) is 4.09. The number of carbonyl (C=O) groups excluding carboxylic acids is 1. The molecule has 1 aliphatic heterocycles. The number of hydrogen-bond donors (Lipinski definition) is 3. The smallest absolute Gasteiger partial charge is 0.263 e. The third kappa shape index (κ3) is 3.98. The highest BCUT2D eigenvalue weighted by Gasteiger charge is 2.24. The first kappa shape index (κ1) is 22.5. The van der Waals surface area contributed by atoms with Crippen LogP contribution in [0.2, 0.25) is 0 Å². The number of pyridine rings is 1. The maximum Gasteiger partial charge on any atom is 0.263 e. The van der Waals surface area contributed by atoms with Crippen molar-refractivity contribution in [3.05, 3.63) is 64.0 Å². The third-order valence-electron chi connectivity index (χ3n) is 5.98. The molecule has 0 aliphatic carbocycles. The molecule has 5 N–H and O–H groups in total. The van der Waals surface area contributed by atoms with Crippen LogP contribution in [0.25, 0.3) is 21.3 Å². The minimum absolute atomic E-state index is 0.108. The summed E-state index contributed by atoms with van der Waals surface area (Å²) in [5.74, 6) is 1.47. The number of carbonyl (C=O) groups is 1. The van der Waals surface area contributed by atoms with Gasteiger partial charge in [0.2, 0.25) is 6.79 Å². The number of ether oxygens (including phenoxy) is 2. The molecular formula is C26H23N5O3S. The molecule has 0 spiro atoms. The summed E-state index contributed by atoms with van der Waals surface area (Å²) in [6, 6.07) is 15.6. The van der Waals surface area contributed by atoms with Crippen LogP contribution >= 0.6 is 11.3 Å². The van der Waals surface area contributed by atoms with Crippen molar-refractivity contribution in [3.63, 3.8) is 0 Å². The van der Waals surface area contributed by atoms with Crippen LogP contribution in [0.3, 0.4) is 0 Å². The Labute approximate surface area is 206 Å². The van der Waals surface area contributed by atoms with Gasteiger partial charge in [-0.2, -0.15) is 5.26 Å². The Balaban J connectivity index is 1.52. The number of amides is 1. The minimum atomic E-state index is -0.332. The number of nitrogens with one attached hydrogen (secondary N) is 1. The van der Waals surface area contributed by atoms with E-state index < -0.39 is 0 Å². The number of fused-ring (bicyclic) bond motifs is 2. The summed E-state index contributed by atoms with van der Waals surface area (Å²) in [6.07, 6.45) is 0. The lowest BCUT2D eigenvalue weighted by Gasteiger charge is -2.11. The van der Waals surface area contributed by atoms with E-state index in [0.717, 1.165) is 22.5 Å². The van der Waals surface area contributed by atoms with E-state index in [2.05, 4.69) is 30.2 Å². The molecule has 1 amide bonds. The van der Waals surface area contributed by atoms with E-state index in [-0.39, 0.29) is 36.3 Å². The van der Waals surface area contributed by atoms with Crippen molar-refractivity contribution in [3.8, 4) is 28.7 Å². The highest BCUT2D eigenvalue weighted by molar-refractivity contribution is 7.21. The normalized spacial score (nSPS) is 12.2. The van der Waals surface area contributed by atoms with Crippen molar-refractivity contribution in [1.29, 1.82) is 5.26 Å². The van der Waals surface area contributed by atoms with Crippen LogP contribution in [0.15, 0.2) is 42.5 Å². The molecular weight excluding hydrogens is 462 g/mol. The molecule has 0 radical (unpaired) electrons. The van der Waals surface area contributed by atoms with Gasteiger partial charge in [0.25, 0.3) is 5.91 Å². The lowest BCUT2D eigenvalue weighted by atomic mass is 9.94. The highest BCUT2D eigenvalue weighted by atomic mass is 32.1. The molecule has 5 rings (SSSR count). The van der Waals surface area contributed by atoms with Gasteiger partial charge < -0.3 is 26.3 Å². The first-order valence-corrected chi connectivity index (χ1v) is 11.9. The van der Waals surface area contributed by atoms with Gasteiger partial charge in [0.15, 0.2) is 11.5 Å². The van der Waals surface area contributed by atoms with Gasteiger partial charge in [-0.25, -0.2) is 4.98 Å². The van der Waals surface area contributed by atoms with Crippen LogP contribution in [0.1, 0.15) is 46.1 Å². The van der Waals surface area contributed by atoms with Crippen molar-refractivity contribution >= 4 is 39.0 Å². The number of hydrogen-bond acceptors (Lipinski definition) is 8. The number of aromatic nitrogens is 1. The number of nitrogens with zero attached hydrogens (tertiary/aromatic N) is 2. The monoisotopic (exact) mass is 485 g/mol. The fourth-order valence-corrected chi connectivity index (χ4v) is 5.12. The molecule has 176 valence electrons. The largest absolute Gasteiger partial charge is 0.454 e. The van der Waals surface area contributed by atoms with E-state index in [9.17, 15) is 10.1 Å². The van der Waals surface area contributed by atoms with E-state index in [0.29, 0.717) is 38.1 Å². The lowest BCUT2D eigenvalue weighted by molar-refractivity contribution is 0.0955. The number of benzene rings is 2. The summed E-state index contributed by atoms with van der Waals surface area (Å²) < 4.78 is 10.7. The van der Waals surface area contributed by atoms with Crippen LogP contribution in [0.4, 0.5) is 11.5 Å². The van der Waals surface area contributed by atoms with Gasteiger partial charge in [-0.05, 0) is 34.7 Å². The molecule has 0 bridgehead atoms. The number of nitrogens with two attached hydrogens (primary N) is 2. The van der Waals surface area contributed by atoms with Gasteiger partial charge in [0.05, 0.1) is 5.69 Å². The Morgan fingerprint density at radius 1 is 1.17 bits per heavy atom. The molecule has 0 atom stereocenters. The molecule has 0 fully saturated rings. The first-order valence-electron chi connectivity index (χ1n) is 11.1. The highest BCUT2D eigenvalue weighted by Crippen LogP contribution is 2.43. The van der Waals surface area contributed by atoms with Crippen molar-refractivity contribution in [2.24, 2.45) is 0 Å². The molecule has 2 aromatic heterocycles. The fraction of sp³-hybridized carbons (Fsp3) is 0.192. The summed E-state index contributed by atoms with van der Waals surface area (Å²) in [7, 11) is 0. The predicted molar refractivity (Wildman–Crippen MR) is 136 cm³/mol. The van der Waals surface area contributed by atoms with Crippen LogP contribution in [-0.4, -0.2) is 17.7 Å². The maximum absolute atomic E-state index is 13.1. The lowest BCUT2D eigenvalue weighted by Crippen LogP contribution is -2.22. The Bertz CT molecular complexity index is 1500. The van der Waals surface area contributed by atoms with E-state index in [1.165, 1.54) is 5.56 Å². The van der Waals surface area contributed by atoms with E-state index in [1.54, 1.807) is 0 Å². The molecule has 8 nitrogen and oxygen atoms in total. The Morgan fingerprint density at radius 2 is 1.91 bits per heavy atom. The van der Waals surface area contributed by atoms with Crippen LogP contribution in [0.5, 0.6) is 11.5 Å². The zero-order chi connectivity index (χ0) is 24.7. The van der Waals surface area contributed by atoms with Gasteiger partial charge in [0, 0.05) is 17.5 Å². The molecule has 3 heterocycles. The molecule has 1 aliphatic rings. The van der Waals surface area contributed by atoms with Gasteiger partial charge in [-0.3, -0.25) is 4.79 Å². The second kappa shape index (κ2) is 8.81. The molecule has 9 heteroatoms. The number of rotatable bonds is 5. The molecule has 0 unspecified atom stereocenters. The standard InChI is InChI=1S/C26H23N5O3S/c1-13(2)15-4-6-16(7-5-15)20-17(10-27)24(29)31-26-21(20)22(28)23(35-26)25(32)30-11-14-3-8-18-19(9-14)34-12-33-18/h3-9,13H,11-12,28H2,1-2H3,(H2,29,31)(H,30,32). The number of thiophene rings is 1. The van der Waals surface area contributed by atoms with Gasteiger partial charge >= 0.3 is 0 Å². The van der Waals surface area contributed by atoms with Crippen molar-refractivity contribution in [2.75, 3.05) is 18.3 Å². The topological polar surface area (TPSA) is 136 Å². The second-order valence-corrected chi connectivity index (χ2v) is 9.53. The average Bonchev–Trinajstić information content (AvgIpc) is 3.45. The second-order valence-electron chi connectivity index (χ2n) is 8.53. The predicted octanol–water partition coefficient (Wildman–Crippen LogP) is 4.78. The van der Waals surface area contributed by atoms with E-state index >= 15 is 0 Å². The van der Waals surface area contributed by atoms with Crippen LogP contribution < -0.4 is 26.3 Å². The Kier molecular flexibility index (Phi) is 5.67. The van der Waals surface area contributed by atoms with Crippen molar-refractivity contribution in [1.82, 2.24) is 10.3 Å². The SMILES string of the molecule is CC(C)c1ccc(-c2c(C#N)c(N)nc3sc(C(=O)NCc4ccc5c(c4)OCO5)c(N)c23)cc1. The summed E-state index contributed by atoms with van der Waals surface area (Å²) >= 11 is 1.16. The van der Waals surface area contributed by atoms with Crippen molar-refractivity contribution in [2.45, 2.75) is 26.3 Å². The van der Waals surface area contributed by atoms with Gasteiger partial charge in [0.1, 0.15) is 27.2 Å². The van der Waals surface area contributed by atoms with Gasteiger partial charge in [-0.1, -0.05) is 44.2 Å². The molecule has 0 saturated carbocycles. The zero-order valence-electron chi connectivity index (χ0n) is 19.2. The van der Waals surface area contributed by atoms with Crippen molar-refractivity contribution < 1.29 is 14.3 Å². The Hall–Kier alpha value is -4.29. The average molecular weight is 486 g/mol. The van der Waals surface area contributed by atoms with E-state index in [4.69, 9.17) is 20.9 Å². The zero-order valence-corrected chi connectivity index (χ0v) is 20.0. The quantitative estimate of drug-likeness (QED) is 0.370. The number of nitrogen functional groups attached to an aromatic ring is 2. The summed E-state index contributed by atoms with van der Waals surface area (Å²) in [6.45, 7) is 4.70. The Morgan fingerprint density at radius 3 is 2.63 bits per heavy atom. The summed E-state index contributed by atoms with van der Waals surface area (Å²) in [5, 5.41) is 13.3. The minimum Gasteiger partial charge on any atom is -0.454 e. The number of nitriles is 1. The molecule has 4 aromatic rings. The van der Waals surface area contributed by atoms with Gasteiger partial charge in [-0.15, -0.1) is 11.3 Å². The molecule has 0 saturated heterocycles. The molecule has 35 heavy (non-hydrogen) atoms.